The minimum Gasteiger partial charge on any atom is -0.319 e. The van der Waals surface area contributed by atoms with Gasteiger partial charge in [0.05, 0.1) is 16.2 Å². The van der Waals surface area contributed by atoms with Gasteiger partial charge < -0.3 is 4.90 Å². The number of allylic oxidation sites excluding steroid dienone is 2. The first kappa shape index (κ1) is 20.3. The van der Waals surface area contributed by atoms with Gasteiger partial charge in [0, 0.05) is 46.9 Å². The van der Waals surface area contributed by atoms with E-state index in [1.165, 1.54) is 29.3 Å². The van der Waals surface area contributed by atoms with Gasteiger partial charge in [-0.25, -0.2) is 5.43 Å². The van der Waals surface area contributed by atoms with Gasteiger partial charge in [0.15, 0.2) is 5.50 Å². The number of benzene rings is 1. The summed E-state index contributed by atoms with van der Waals surface area (Å²) in [7, 11) is 0. The summed E-state index contributed by atoms with van der Waals surface area (Å²) >= 11 is 1.77. The molecule has 9 nitrogen and oxygen atoms in total. The Kier molecular flexibility index (Phi) is 5.36. The van der Waals surface area contributed by atoms with E-state index < -0.39 is 4.92 Å². The van der Waals surface area contributed by atoms with Crippen molar-refractivity contribution in [1.82, 2.24) is 20.2 Å². The number of carbonyl (C=O) groups excluding carboxylic acids is 1. The molecule has 1 aliphatic carbocycles. The molecule has 3 aliphatic rings. The smallest absolute Gasteiger partial charge is 0.272 e. The van der Waals surface area contributed by atoms with Crippen LogP contribution in [0.15, 0.2) is 70.7 Å². The maximum absolute atomic E-state index is 12.3. The third-order valence-corrected chi connectivity index (χ3v) is 6.98. The number of nitrogens with one attached hydrogen (secondary N) is 1. The Hall–Kier alpha value is -3.66. The molecule has 1 aromatic heterocycles. The van der Waals surface area contributed by atoms with Crippen molar-refractivity contribution in [3.05, 3.63) is 86.8 Å². The second-order valence-electron chi connectivity index (χ2n) is 7.58. The van der Waals surface area contributed by atoms with Gasteiger partial charge in [-0.15, -0.1) is 0 Å². The number of non-ortho nitro benzene ring substituents is 1. The number of rotatable bonds is 5. The van der Waals surface area contributed by atoms with Crippen molar-refractivity contribution in [1.29, 1.82) is 0 Å². The molecular formula is C22H20N6O3S. The standard InChI is InChI=1S/C22H20N6O3S/c29-21(16-6-4-10-23-12-16)25-24-14-27-19(15-5-3-7-17(11-15)28(30)31)13-26-18-8-1-2-9-20(18)32-22(26)27/h3-7,10-14,22H,1-2,8-9H2,(H,25,29). The zero-order valence-corrected chi connectivity index (χ0v) is 17.9. The van der Waals surface area contributed by atoms with Gasteiger partial charge in [-0.05, 0) is 37.8 Å². The normalized spacial score (nSPS) is 19.8. The Labute approximate surface area is 188 Å². The van der Waals surface area contributed by atoms with E-state index in [0.717, 1.165) is 30.5 Å². The summed E-state index contributed by atoms with van der Waals surface area (Å²) in [5, 5.41) is 15.5. The molecule has 3 heterocycles. The van der Waals surface area contributed by atoms with Crippen LogP contribution in [0.5, 0.6) is 0 Å². The molecule has 0 bridgehead atoms. The van der Waals surface area contributed by atoms with E-state index >= 15 is 0 Å². The van der Waals surface area contributed by atoms with Gasteiger partial charge in [0.25, 0.3) is 11.6 Å². The summed E-state index contributed by atoms with van der Waals surface area (Å²) in [5.74, 6) is -0.359. The molecule has 32 heavy (non-hydrogen) atoms. The molecule has 1 unspecified atom stereocenters. The number of hydrogen-bond acceptors (Lipinski definition) is 7. The number of nitrogens with zero attached hydrogens (tertiary/aromatic N) is 5. The molecule has 1 amide bonds. The third-order valence-electron chi connectivity index (χ3n) is 5.59. The maximum Gasteiger partial charge on any atom is 0.272 e. The van der Waals surface area contributed by atoms with E-state index in [1.54, 1.807) is 48.6 Å². The Morgan fingerprint density at radius 2 is 2.16 bits per heavy atom. The molecule has 162 valence electrons. The molecular weight excluding hydrogens is 428 g/mol. The minimum absolute atomic E-state index is 0.0300. The SMILES string of the molecule is O=C(NN=CN1C(c2cccc([N+](=O)[O-])c2)=CN2C3=C(CCCC3)SC12)c1cccnc1. The van der Waals surface area contributed by atoms with Crippen LogP contribution in [0.1, 0.15) is 41.6 Å². The molecule has 0 radical (unpaired) electrons. The maximum atomic E-state index is 12.3. The van der Waals surface area contributed by atoms with Crippen molar-refractivity contribution >= 4 is 35.4 Å². The number of hydrazone groups is 1. The van der Waals surface area contributed by atoms with Gasteiger partial charge in [-0.3, -0.25) is 24.8 Å². The molecule has 2 aromatic rings. The van der Waals surface area contributed by atoms with E-state index in [9.17, 15) is 14.9 Å². The lowest BCUT2D eigenvalue weighted by Crippen LogP contribution is -2.33. The Morgan fingerprint density at radius 1 is 1.28 bits per heavy atom. The summed E-state index contributed by atoms with van der Waals surface area (Å²) in [4.78, 5) is 32.7. The molecule has 5 rings (SSSR count). The lowest BCUT2D eigenvalue weighted by atomic mass is 10.0. The lowest BCUT2D eigenvalue weighted by Gasteiger charge is -2.26. The molecule has 0 saturated carbocycles. The van der Waals surface area contributed by atoms with Crippen molar-refractivity contribution in [3.8, 4) is 0 Å². The molecule has 0 saturated heterocycles. The number of nitro benzene ring substituents is 1. The van der Waals surface area contributed by atoms with Gasteiger partial charge in [-0.2, -0.15) is 5.10 Å². The molecule has 1 N–H and O–H groups in total. The fraction of sp³-hybridized carbons (Fsp3) is 0.227. The van der Waals surface area contributed by atoms with E-state index in [2.05, 4.69) is 20.4 Å². The topological polar surface area (TPSA) is 104 Å². The highest BCUT2D eigenvalue weighted by atomic mass is 32.2. The molecule has 1 aromatic carbocycles. The van der Waals surface area contributed by atoms with Crippen molar-refractivity contribution in [2.24, 2.45) is 5.10 Å². The van der Waals surface area contributed by atoms with Crippen LogP contribution in [-0.4, -0.2) is 37.5 Å². The fourth-order valence-electron chi connectivity index (χ4n) is 4.06. The van der Waals surface area contributed by atoms with Crippen LogP contribution in [0.4, 0.5) is 5.69 Å². The highest BCUT2D eigenvalue weighted by molar-refractivity contribution is 8.03. The number of amides is 1. The Morgan fingerprint density at radius 3 is 2.97 bits per heavy atom. The van der Waals surface area contributed by atoms with E-state index in [1.807, 2.05) is 17.2 Å². The zero-order valence-electron chi connectivity index (χ0n) is 17.0. The predicted molar refractivity (Wildman–Crippen MR) is 122 cm³/mol. The van der Waals surface area contributed by atoms with E-state index in [4.69, 9.17) is 0 Å². The second-order valence-corrected chi connectivity index (χ2v) is 8.73. The highest BCUT2D eigenvalue weighted by Gasteiger charge is 2.41. The first-order valence-electron chi connectivity index (χ1n) is 10.3. The van der Waals surface area contributed by atoms with Crippen LogP contribution in [0.2, 0.25) is 0 Å². The highest BCUT2D eigenvalue weighted by Crippen LogP contribution is 2.51. The van der Waals surface area contributed by atoms with Crippen molar-refractivity contribution in [2.45, 2.75) is 31.2 Å². The first-order chi connectivity index (χ1) is 15.6. The van der Waals surface area contributed by atoms with Crippen LogP contribution in [0, 0.1) is 10.1 Å². The van der Waals surface area contributed by atoms with Crippen LogP contribution in [0.3, 0.4) is 0 Å². The molecule has 2 aliphatic heterocycles. The monoisotopic (exact) mass is 448 g/mol. The fourth-order valence-corrected chi connectivity index (χ4v) is 5.51. The Balaban J connectivity index is 1.44. The number of carbonyl (C=O) groups is 1. The molecule has 0 fully saturated rings. The summed E-state index contributed by atoms with van der Waals surface area (Å²) in [6, 6.07) is 9.90. The van der Waals surface area contributed by atoms with Gasteiger partial charge in [0.2, 0.25) is 0 Å². The van der Waals surface area contributed by atoms with Crippen LogP contribution < -0.4 is 5.43 Å². The van der Waals surface area contributed by atoms with Gasteiger partial charge in [0.1, 0.15) is 6.34 Å². The summed E-state index contributed by atoms with van der Waals surface area (Å²) < 4.78 is 0. The van der Waals surface area contributed by atoms with Crippen molar-refractivity contribution < 1.29 is 9.72 Å². The third kappa shape index (κ3) is 3.73. The first-order valence-corrected chi connectivity index (χ1v) is 11.2. The second kappa shape index (κ2) is 8.46. The zero-order chi connectivity index (χ0) is 22.1. The number of thioether (sulfide) groups is 1. The summed E-state index contributed by atoms with van der Waals surface area (Å²) in [6.07, 6.45) is 11.1. The van der Waals surface area contributed by atoms with E-state index in [-0.39, 0.29) is 17.1 Å². The predicted octanol–water partition coefficient (Wildman–Crippen LogP) is 4.10. The molecule has 0 spiro atoms. The van der Waals surface area contributed by atoms with E-state index in [0.29, 0.717) is 5.56 Å². The quantitative estimate of drug-likeness (QED) is 0.318. The molecule has 1 atom stereocenters. The number of fused-ring (bicyclic) bond motifs is 2. The van der Waals surface area contributed by atoms with Crippen LogP contribution in [-0.2, 0) is 0 Å². The van der Waals surface area contributed by atoms with Crippen molar-refractivity contribution in [3.63, 3.8) is 0 Å². The minimum atomic E-state index is -0.400. The summed E-state index contributed by atoms with van der Waals surface area (Å²) in [5.41, 5.74) is 5.74. The summed E-state index contributed by atoms with van der Waals surface area (Å²) in [6.45, 7) is 0. The van der Waals surface area contributed by atoms with Gasteiger partial charge in [-0.1, -0.05) is 23.9 Å². The van der Waals surface area contributed by atoms with Crippen molar-refractivity contribution in [2.75, 3.05) is 0 Å². The average molecular weight is 449 g/mol. The van der Waals surface area contributed by atoms with Crippen LogP contribution >= 0.6 is 11.8 Å². The number of hydrogen-bond donors (Lipinski definition) is 1. The van der Waals surface area contributed by atoms with Crippen LogP contribution in [0.25, 0.3) is 5.70 Å². The number of pyridine rings is 1. The van der Waals surface area contributed by atoms with Gasteiger partial charge >= 0.3 is 0 Å². The average Bonchev–Trinajstić information content (AvgIpc) is 3.36. The largest absolute Gasteiger partial charge is 0.319 e. The number of aromatic nitrogens is 1. The lowest BCUT2D eigenvalue weighted by molar-refractivity contribution is -0.384. The molecule has 10 heteroatoms. The number of nitro groups is 1. The Bertz CT molecular complexity index is 1160.